The topological polar surface area (TPSA) is 228 Å². The standard InChI is InChI=1S/C68H123NO13/c1-3-5-7-9-11-13-14-15-16-17-18-19-20-21-22-23-24-25-26-27-28-29-30-31-32-33-34-35-36-37-38-39-40-41-42-44-46-48-50-52-60(73)69-56(57(72)51-49-47-45-43-12-10-8-6-4-2)55-79-67-65(78)63(76)66(59(54-71)81-67)82-68-64(77)62(75)61(74)58(53-70)80-68/h4,6,12,14-15,17-18,43,49,51,56-59,61-68,70-72,74-78H,3,5,7-11,13,16,19-42,44-48,50,52-55H2,1-2H3,(H,69,73)/b6-4+,15-14-,18-17-,43-12+,51-49+. The number of ether oxygens (including phenoxy) is 4. The summed E-state index contributed by atoms with van der Waals surface area (Å²) in [6.07, 6.45) is 53.6. The van der Waals surface area contributed by atoms with Gasteiger partial charge in [-0.15, -0.1) is 0 Å². The fourth-order valence-electron chi connectivity index (χ4n) is 10.9. The normalized spacial score (nSPS) is 24.3. The number of unbranched alkanes of at least 4 members (excludes halogenated alkanes) is 34. The van der Waals surface area contributed by atoms with Gasteiger partial charge in [0.25, 0.3) is 0 Å². The summed E-state index contributed by atoms with van der Waals surface area (Å²) in [6, 6.07) is -0.936. The first kappa shape index (κ1) is 75.8. The Hall–Kier alpha value is -2.31. The lowest BCUT2D eigenvalue weighted by Gasteiger charge is -2.46. The van der Waals surface area contributed by atoms with Gasteiger partial charge in [-0.3, -0.25) is 4.79 Å². The second kappa shape index (κ2) is 53.0. The van der Waals surface area contributed by atoms with E-state index in [1.165, 1.54) is 193 Å². The van der Waals surface area contributed by atoms with Crippen LogP contribution in [0.3, 0.4) is 0 Å². The van der Waals surface area contributed by atoms with E-state index in [0.29, 0.717) is 12.8 Å². The summed E-state index contributed by atoms with van der Waals surface area (Å²) >= 11 is 0. The molecule has 12 unspecified atom stereocenters. The molecule has 0 aromatic carbocycles. The summed E-state index contributed by atoms with van der Waals surface area (Å²) < 4.78 is 22.7. The van der Waals surface area contributed by atoms with Crippen LogP contribution < -0.4 is 5.32 Å². The van der Waals surface area contributed by atoms with Crippen molar-refractivity contribution in [2.45, 2.75) is 344 Å². The average molecular weight is 1160 g/mol. The highest BCUT2D eigenvalue weighted by molar-refractivity contribution is 5.76. The Bertz CT molecular complexity index is 1610. The van der Waals surface area contributed by atoms with Crippen molar-refractivity contribution in [2.24, 2.45) is 0 Å². The van der Waals surface area contributed by atoms with E-state index in [0.717, 1.165) is 44.9 Å². The van der Waals surface area contributed by atoms with Gasteiger partial charge in [-0.05, 0) is 71.1 Å². The fourth-order valence-corrected chi connectivity index (χ4v) is 10.9. The van der Waals surface area contributed by atoms with Crippen LogP contribution >= 0.6 is 0 Å². The molecule has 478 valence electrons. The van der Waals surface area contributed by atoms with Crippen LogP contribution in [0.1, 0.15) is 271 Å². The van der Waals surface area contributed by atoms with Crippen LogP contribution in [0.4, 0.5) is 0 Å². The minimum Gasteiger partial charge on any atom is -0.394 e. The van der Waals surface area contributed by atoms with Gasteiger partial charge < -0.3 is 65.1 Å². The number of aliphatic hydroxyl groups excluding tert-OH is 8. The summed E-state index contributed by atoms with van der Waals surface area (Å²) in [5, 5.41) is 86.8. The summed E-state index contributed by atoms with van der Waals surface area (Å²) in [7, 11) is 0. The number of carbonyl (C=O) groups excluding carboxylic acids is 1. The highest BCUT2D eigenvalue weighted by Gasteiger charge is 2.51. The van der Waals surface area contributed by atoms with Crippen molar-refractivity contribution in [1.82, 2.24) is 5.32 Å². The van der Waals surface area contributed by atoms with E-state index in [1.807, 2.05) is 19.1 Å². The molecule has 1 amide bonds. The lowest BCUT2D eigenvalue weighted by atomic mass is 9.97. The second-order valence-corrected chi connectivity index (χ2v) is 23.6. The van der Waals surface area contributed by atoms with Crippen molar-refractivity contribution in [3.63, 3.8) is 0 Å². The van der Waals surface area contributed by atoms with E-state index >= 15 is 0 Å². The number of allylic oxidation sites excluding steroid dienone is 9. The highest BCUT2D eigenvalue weighted by atomic mass is 16.7. The van der Waals surface area contributed by atoms with Crippen LogP contribution in [0, 0.1) is 0 Å². The Morgan fingerprint density at radius 3 is 1.33 bits per heavy atom. The summed E-state index contributed by atoms with van der Waals surface area (Å²) in [5.74, 6) is -0.254. The quantitative estimate of drug-likeness (QED) is 0.0204. The van der Waals surface area contributed by atoms with Gasteiger partial charge in [0, 0.05) is 6.42 Å². The maximum Gasteiger partial charge on any atom is 0.220 e. The molecule has 2 heterocycles. The largest absolute Gasteiger partial charge is 0.394 e. The van der Waals surface area contributed by atoms with Gasteiger partial charge in [-0.2, -0.15) is 0 Å². The van der Waals surface area contributed by atoms with Crippen molar-refractivity contribution < 1.29 is 64.6 Å². The number of hydrogen-bond acceptors (Lipinski definition) is 13. The zero-order chi connectivity index (χ0) is 59.5. The molecule has 0 bridgehead atoms. The van der Waals surface area contributed by atoms with Crippen LogP contribution in [0.25, 0.3) is 0 Å². The molecule has 9 N–H and O–H groups in total. The highest BCUT2D eigenvalue weighted by Crippen LogP contribution is 2.30. The summed E-state index contributed by atoms with van der Waals surface area (Å²) in [6.45, 7) is 2.53. The van der Waals surface area contributed by atoms with Gasteiger partial charge in [-0.25, -0.2) is 0 Å². The minimum absolute atomic E-state index is 0.254. The van der Waals surface area contributed by atoms with Crippen LogP contribution in [0.5, 0.6) is 0 Å². The average Bonchev–Trinajstić information content (AvgIpc) is 3.24. The first-order valence-electron chi connectivity index (χ1n) is 33.5. The molecule has 2 rings (SSSR count). The van der Waals surface area contributed by atoms with E-state index < -0.39 is 86.8 Å². The third-order valence-electron chi connectivity index (χ3n) is 16.2. The number of amides is 1. The third-order valence-corrected chi connectivity index (χ3v) is 16.2. The zero-order valence-corrected chi connectivity index (χ0v) is 51.7. The second-order valence-electron chi connectivity index (χ2n) is 23.6. The molecule has 14 nitrogen and oxygen atoms in total. The Labute approximate surface area is 498 Å². The molecule has 14 heteroatoms. The van der Waals surface area contributed by atoms with E-state index in [2.05, 4.69) is 54.8 Å². The molecular weight excluding hydrogens is 1040 g/mol. The number of carbonyl (C=O) groups is 1. The fraction of sp³-hybridized carbons (Fsp3) is 0.838. The predicted molar refractivity (Wildman–Crippen MR) is 332 cm³/mol. The molecule has 2 saturated heterocycles. The summed E-state index contributed by atoms with van der Waals surface area (Å²) in [5.41, 5.74) is 0. The molecule has 2 aliphatic rings. The molecule has 0 saturated carbocycles. The molecule has 12 atom stereocenters. The Balaban J connectivity index is 1.51. The molecule has 0 aliphatic carbocycles. The van der Waals surface area contributed by atoms with Crippen molar-refractivity contribution in [3.05, 3.63) is 60.8 Å². The molecule has 2 aliphatic heterocycles. The molecule has 82 heavy (non-hydrogen) atoms. The predicted octanol–water partition coefficient (Wildman–Crippen LogP) is 12.9. The van der Waals surface area contributed by atoms with Gasteiger partial charge in [0.05, 0.1) is 32.0 Å². The molecule has 0 spiro atoms. The van der Waals surface area contributed by atoms with Crippen LogP contribution in [0.2, 0.25) is 0 Å². The van der Waals surface area contributed by atoms with Crippen molar-refractivity contribution >= 4 is 5.91 Å². The van der Waals surface area contributed by atoms with Crippen molar-refractivity contribution in [3.8, 4) is 0 Å². The van der Waals surface area contributed by atoms with E-state index in [1.54, 1.807) is 6.08 Å². The maximum atomic E-state index is 13.2. The van der Waals surface area contributed by atoms with Gasteiger partial charge in [0.2, 0.25) is 5.91 Å². The SMILES string of the molecule is C/C=C/CC/C=C/CC/C=C/C(O)C(COC1OC(CO)C(OC2OC(CO)C(O)C(O)C2O)C(O)C1O)NC(=O)CCCCCCCCCCCCCCCCCCCCCCCCCCCCC/C=C\C/C=C\CCCCCCC. The van der Waals surface area contributed by atoms with Gasteiger partial charge in [-0.1, -0.05) is 254 Å². The van der Waals surface area contributed by atoms with Crippen LogP contribution in [-0.4, -0.2) is 140 Å². The number of aliphatic hydroxyl groups is 8. The zero-order valence-electron chi connectivity index (χ0n) is 51.7. The van der Waals surface area contributed by atoms with E-state index in [-0.39, 0.29) is 18.9 Å². The van der Waals surface area contributed by atoms with Gasteiger partial charge >= 0.3 is 0 Å². The smallest absolute Gasteiger partial charge is 0.220 e. The summed E-state index contributed by atoms with van der Waals surface area (Å²) in [4.78, 5) is 13.2. The lowest BCUT2D eigenvalue weighted by molar-refractivity contribution is -0.359. The maximum absolute atomic E-state index is 13.2. The van der Waals surface area contributed by atoms with Crippen LogP contribution in [0.15, 0.2) is 60.8 Å². The van der Waals surface area contributed by atoms with Crippen molar-refractivity contribution in [1.29, 1.82) is 0 Å². The van der Waals surface area contributed by atoms with Crippen molar-refractivity contribution in [2.75, 3.05) is 19.8 Å². The van der Waals surface area contributed by atoms with E-state index in [4.69, 9.17) is 18.9 Å². The lowest BCUT2D eigenvalue weighted by Crippen LogP contribution is -2.65. The Kier molecular flexibility index (Phi) is 49.0. The van der Waals surface area contributed by atoms with Crippen LogP contribution in [-0.2, 0) is 23.7 Å². The van der Waals surface area contributed by atoms with Gasteiger partial charge in [0.1, 0.15) is 48.8 Å². The molecule has 0 radical (unpaired) electrons. The molecule has 0 aromatic rings. The Morgan fingerprint density at radius 1 is 0.463 bits per heavy atom. The Morgan fingerprint density at radius 2 is 0.866 bits per heavy atom. The molecule has 2 fully saturated rings. The van der Waals surface area contributed by atoms with E-state index in [9.17, 15) is 45.6 Å². The molecular formula is C68H123NO13. The molecule has 0 aromatic heterocycles. The first-order valence-corrected chi connectivity index (χ1v) is 33.5. The minimum atomic E-state index is -1.79. The van der Waals surface area contributed by atoms with Gasteiger partial charge in [0.15, 0.2) is 12.6 Å². The number of nitrogens with one attached hydrogen (secondary N) is 1. The number of hydrogen-bond donors (Lipinski definition) is 9. The third kappa shape index (κ3) is 37.3. The monoisotopic (exact) mass is 1160 g/mol. The first-order chi connectivity index (χ1) is 40.1. The number of rotatable bonds is 54.